The predicted octanol–water partition coefficient (Wildman–Crippen LogP) is 1.80. The largest absolute Gasteiger partial charge is 0.478 e. The van der Waals surface area contributed by atoms with Gasteiger partial charge in [-0.2, -0.15) is 0 Å². The van der Waals surface area contributed by atoms with Crippen molar-refractivity contribution in [2.45, 2.75) is 13.8 Å². The molecule has 1 rings (SSSR count). The summed E-state index contributed by atoms with van der Waals surface area (Å²) in [6.45, 7) is 3.20. The lowest BCUT2D eigenvalue weighted by molar-refractivity contribution is 0.0696. The third-order valence-corrected chi connectivity index (χ3v) is 3.06. The van der Waals surface area contributed by atoms with E-state index in [0.717, 1.165) is 0 Å². The van der Waals surface area contributed by atoms with E-state index in [-0.39, 0.29) is 10.9 Å². The lowest BCUT2D eigenvalue weighted by Crippen LogP contribution is -2.08. The molecule has 4 nitrogen and oxygen atoms in total. The van der Waals surface area contributed by atoms with Crippen molar-refractivity contribution < 1.29 is 19.0 Å². The number of carbonyl (C=O) groups is 1. The molecule has 0 heterocycles. The molecular formula is C9H9O4P. The first-order chi connectivity index (χ1) is 6.45. The second-order valence-corrected chi connectivity index (χ2v) is 3.94. The molecule has 0 aliphatic heterocycles. The summed E-state index contributed by atoms with van der Waals surface area (Å²) < 4.78 is 21.5. The summed E-state index contributed by atoms with van der Waals surface area (Å²) in [5.41, 5.74) is 1.14. The number of aromatic carboxylic acids is 1. The molecule has 14 heavy (non-hydrogen) atoms. The van der Waals surface area contributed by atoms with Crippen molar-refractivity contribution in [2.75, 3.05) is 0 Å². The van der Waals surface area contributed by atoms with Crippen LogP contribution in [0.25, 0.3) is 0 Å². The van der Waals surface area contributed by atoms with Crippen LogP contribution in [0.2, 0.25) is 0 Å². The quantitative estimate of drug-likeness (QED) is 0.758. The lowest BCUT2D eigenvalue weighted by Gasteiger charge is -2.05. The molecule has 0 atom stereocenters. The normalized spacial score (nSPS) is 9.86. The van der Waals surface area contributed by atoms with E-state index in [1.54, 1.807) is 13.8 Å². The van der Waals surface area contributed by atoms with Crippen LogP contribution in [0.4, 0.5) is 0 Å². The van der Waals surface area contributed by atoms with Gasteiger partial charge in [0.2, 0.25) is 0 Å². The molecular weight excluding hydrogens is 203 g/mol. The zero-order valence-corrected chi connectivity index (χ0v) is 8.67. The first kappa shape index (κ1) is 10.7. The Hall–Kier alpha value is -1.41. The average molecular weight is 212 g/mol. The van der Waals surface area contributed by atoms with Gasteiger partial charge in [0.1, 0.15) is 0 Å². The smallest absolute Gasteiger partial charge is 0.349 e. The summed E-state index contributed by atoms with van der Waals surface area (Å²) >= 11 is 0. The molecule has 74 valence electrons. The molecule has 0 aliphatic carbocycles. The van der Waals surface area contributed by atoms with E-state index in [1.807, 2.05) is 0 Å². The molecule has 0 amide bonds. The molecule has 1 N–H and O–H groups in total. The summed E-state index contributed by atoms with van der Waals surface area (Å²) in [5, 5.41) is 8.95. The Morgan fingerprint density at radius 2 is 1.79 bits per heavy atom. The van der Waals surface area contributed by atoms with Gasteiger partial charge in [-0.05, 0) is 37.1 Å². The fourth-order valence-electron chi connectivity index (χ4n) is 1.24. The number of carboxylic acids is 1. The van der Waals surface area contributed by atoms with Gasteiger partial charge >= 0.3 is 13.6 Å². The van der Waals surface area contributed by atoms with Crippen LogP contribution in [0.3, 0.4) is 0 Å². The van der Waals surface area contributed by atoms with E-state index in [2.05, 4.69) is 0 Å². The fourth-order valence-corrected chi connectivity index (χ4v) is 1.87. The van der Waals surface area contributed by atoms with Crippen molar-refractivity contribution in [1.29, 1.82) is 0 Å². The van der Waals surface area contributed by atoms with Crippen molar-refractivity contribution in [3.8, 4) is 0 Å². The number of hydrogen-bond acceptors (Lipinski definition) is 3. The Morgan fingerprint density at radius 1 is 1.21 bits per heavy atom. The molecule has 5 heteroatoms. The third kappa shape index (κ3) is 1.75. The Balaban J connectivity index is 3.48. The molecule has 1 aromatic rings. The summed E-state index contributed by atoms with van der Waals surface area (Å²) in [7, 11) is -2.66. The van der Waals surface area contributed by atoms with Crippen LogP contribution in [-0.4, -0.2) is 11.1 Å². The second-order valence-electron chi connectivity index (χ2n) is 2.94. The van der Waals surface area contributed by atoms with Crippen LogP contribution in [0.1, 0.15) is 21.5 Å². The maximum Gasteiger partial charge on any atom is 0.349 e. The molecule has 0 unspecified atom stereocenters. The van der Waals surface area contributed by atoms with Gasteiger partial charge < -0.3 is 5.11 Å². The van der Waals surface area contributed by atoms with Gasteiger partial charge in [0.05, 0.1) is 10.9 Å². The van der Waals surface area contributed by atoms with Crippen LogP contribution in [0, 0.1) is 13.8 Å². The maximum atomic E-state index is 10.7. The maximum absolute atomic E-state index is 10.7. The highest BCUT2D eigenvalue weighted by Gasteiger charge is 2.13. The molecule has 0 fully saturated rings. The summed E-state index contributed by atoms with van der Waals surface area (Å²) in [4.78, 5) is 10.7. The molecule has 1 aromatic carbocycles. The predicted molar refractivity (Wildman–Crippen MR) is 50.8 cm³/mol. The number of benzene rings is 1. The van der Waals surface area contributed by atoms with Crippen molar-refractivity contribution in [1.82, 2.24) is 0 Å². The van der Waals surface area contributed by atoms with E-state index >= 15 is 0 Å². The molecule has 0 radical (unpaired) electrons. The van der Waals surface area contributed by atoms with Gasteiger partial charge in [-0.1, -0.05) is 0 Å². The van der Waals surface area contributed by atoms with Gasteiger partial charge in [-0.25, -0.2) is 13.9 Å². The van der Waals surface area contributed by atoms with Crippen molar-refractivity contribution in [2.24, 2.45) is 0 Å². The Morgan fingerprint density at radius 3 is 2.21 bits per heavy atom. The molecule has 0 saturated heterocycles. The van der Waals surface area contributed by atoms with Gasteiger partial charge in [0.15, 0.2) is 0 Å². The SMILES string of the molecule is Cc1c(C(=O)O)ccc(P(=O)=O)c1C. The molecule has 0 aromatic heterocycles. The van der Waals surface area contributed by atoms with Gasteiger partial charge in [0, 0.05) is 0 Å². The Labute approximate surface area is 81.4 Å². The van der Waals surface area contributed by atoms with Gasteiger partial charge in [-0.3, -0.25) is 0 Å². The van der Waals surface area contributed by atoms with E-state index < -0.39 is 13.6 Å². The fraction of sp³-hybridized carbons (Fsp3) is 0.222. The zero-order chi connectivity index (χ0) is 10.9. The van der Waals surface area contributed by atoms with E-state index in [1.165, 1.54) is 12.1 Å². The van der Waals surface area contributed by atoms with Crippen LogP contribution in [-0.2, 0) is 9.13 Å². The summed E-state index contributed by atoms with van der Waals surface area (Å²) in [6, 6.07) is 2.63. The van der Waals surface area contributed by atoms with Gasteiger partial charge in [-0.15, -0.1) is 0 Å². The number of hydrogen-bond donors (Lipinski definition) is 1. The van der Waals surface area contributed by atoms with Crippen LogP contribution < -0.4 is 5.30 Å². The zero-order valence-electron chi connectivity index (χ0n) is 7.77. The highest BCUT2D eigenvalue weighted by molar-refractivity contribution is 7.40. The topological polar surface area (TPSA) is 71.4 Å². The highest BCUT2D eigenvalue weighted by Crippen LogP contribution is 2.16. The summed E-state index contributed by atoms with van der Waals surface area (Å²) in [6.07, 6.45) is 0. The van der Waals surface area contributed by atoms with Crippen LogP contribution in [0.5, 0.6) is 0 Å². The minimum atomic E-state index is -2.66. The van der Waals surface area contributed by atoms with Crippen molar-refractivity contribution in [3.05, 3.63) is 28.8 Å². The lowest BCUT2D eigenvalue weighted by atomic mass is 10.0. The minimum Gasteiger partial charge on any atom is -0.478 e. The second kappa shape index (κ2) is 3.76. The number of carboxylic acid groups (broad SMARTS) is 1. The minimum absolute atomic E-state index is 0.142. The van der Waals surface area contributed by atoms with E-state index in [4.69, 9.17) is 5.11 Å². The van der Waals surface area contributed by atoms with Crippen molar-refractivity contribution >= 4 is 19.0 Å². The Kier molecular flexibility index (Phi) is 2.87. The molecule has 0 bridgehead atoms. The van der Waals surface area contributed by atoms with Crippen molar-refractivity contribution in [3.63, 3.8) is 0 Å². The van der Waals surface area contributed by atoms with Crippen LogP contribution in [0.15, 0.2) is 12.1 Å². The monoisotopic (exact) mass is 212 g/mol. The average Bonchev–Trinajstić information content (AvgIpc) is 2.08. The highest BCUT2D eigenvalue weighted by atomic mass is 31.1. The van der Waals surface area contributed by atoms with E-state index in [0.29, 0.717) is 11.1 Å². The molecule has 0 saturated carbocycles. The summed E-state index contributed by atoms with van der Waals surface area (Å²) in [5.74, 6) is -1.04. The van der Waals surface area contributed by atoms with Gasteiger partial charge in [0.25, 0.3) is 0 Å². The first-order valence-corrected chi connectivity index (χ1v) is 5.10. The molecule has 0 spiro atoms. The van der Waals surface area contributed by atoms with Crippen LogP contribution >= 0.6 is 7.68 Å². The first-order valence-electron chi connectivity index (χ1n) is 3.93. The third-order valence-electron chi connectivity index (χ3n) is 2.19. The Bertz CT molecular complexity index is 452. The standard InChI is InChI=1S/C9H9O4P/c1-5-6(2)8(14(12)13)4-3-7(5)9(10)11/h3-4H,1-2H3,(H,10,11). The number of rotatable bonds is 2. The molecule has 0 aliphatic rings. The van der Waals surface area contributed by atoms with E-state index in [9.17, 15) is 13.9 Å².